The Morgan fingerprint density at radius 3 is 2.58 bits per heavy atom. The molecule has 0 radical (unpaired) electrons. The van der Waals surface area contributed by atoms with Crippen LogP contribution in [0.2, 0.25) is 0 Å². The number of hydrogen-bond acceptors (Lipinski definition) is 4. The molecule has 0 fully saturated rings. The average molecular weight is 307 g/mol. The monoisotopic (exact) mass is 306 g/mol. The van der Waals surface area contributed by atoms with E-state index in [1.807, 2.05) is 24.3 Å². The molecule has 0 atom stereocenters. The Morgan fingerprint density at radius 2 is 2.00 bits per heavy atom. The van der Waals surface area contributed by atoms with Crippen LogP contribution in [0, 0.1) is 5.41 Å². The van der Waals surface area contributed by atoms with Gasteiger partial charge in [0.25, 0.3) is 0 Å². The van der Waals surface area contributed by atoms with Gasteiger partial charge in [0, 0.05) is 23.2 Å². The fourth-order valence-corrected chi connectivity index (χ4v) is 3.58. The molecule has 4 nitrogen and oxygen atoms in total. The lowest BCUT2D eigenvalue weighted by atomic mass is 9.98. The van der Waals surface area contributed by atoms with Gasteiger partial charge in [0.05, 0.1) is 19.0 Å². The Balaban J connectivity index is 2.63. The molecule has 0 aliphatic heterocycles. The van der Waals surface area contributed by atoms with Gasteiger partial charge in [-0.2, -0.15) is 0 Å². The molecule has 0 heterocycles. The maximum atomic E-state index is 11.1. The predicted octanol–water partition coefficient (Wildman–Crippen LogP) is 2.81. The molecule has 6 heteroatoms. The lowest BCUT2D eigenvalue weighted by Crippen LogP contribution is -2.28. The molecule has 0 N–H and O–H groups in total. The molecule has 1 rings (SSSR count). The second-order valence-electron chi connectivity index (χ2n) is 5.22. The van der Waals surface area contributed by atoms with Gasteiger partial charge in [0.15, 0.2) is 0 Å². The Hall–Kier alpha value is -0.780. The van der Waals surface area contributed by atoms with Gasteiger partial charge in [-0.25, -0.2) is 8.42 Å². The molecule has 0 saturated carbocycles. The second-order valence-corrected chi connectivity index (χ2v) is 7.99. The highest BCUT2D eigenvalue weighted by molar-refractivity contribution is 8.13. The summed E-state index contributed by atoms with van der Waals surface area (Å²) in [5, 5.41) is 0. The molecule has 0 amide bonds. The Bertz CT molecular complexity index is 511. The van der Waals surface area contributed by atoms with E-state index in [9.17, 15) is 8.42 Å². The van der Waals surface area contributed by atoms with Crippen molar-refractivity contribution in [2.45, 2.75) is 20.5 Å². The first kappa shape index (κ1) is 16.3. The van der Waals surface area contributed by atoms with Crippen molar-refractivity contribution in [1.82, 2.24) is 0 Å². The molecule has 0 aromatic heterocycles. The zero-order valence-corrected chi connectivity index (χ0v) is 12.9. The molecule has 0 unspecified atom stereocenters. The topological polar surface area (TPSA) is 52.6 Å². The van der Waals surface area contributed by atoms with Crippen LogP contribution in [-0.4, -0.2) is 27.9 Å². The molecule has 0 spiro atoms. The summed E-state index contributed by atoms with van der Waals surface area (Å²) >= 11 is 0. The van der Waals surface area contributed by atoms with Gasteiger partial charge in [-0.1, -0.05) is 26.0 Å². The molecule has 0 bridgehead atoms. The minimum atomic E-state index is -3.53. The van der Waals surface area contributed by atoms with Crippen LogP contribution in [0.1, 0.15) is 19.4 Å². The van der Waals surface area contributed by atoms with Crippen LogP contribution in [0.5, 0.6) is 5.75 Å². The smallest absolute Gasteiger partial charge is 0.233 e. The largest absolute Gasteiger partial charge is 0.493 e. The fraction of sp³-hybridized carbons (Fsp3) is 0.538. The van der Waals surface area contributed by atoms with Crippen molar-refractivity contribution in [3.63, 3.8) is 0 Å². The van der Waals surface area contributed by atoms with E-state index in [1.54, 1.807) is 21.0 Å². The Labute approximate surface area is 119 Å². The van der Waals surface area contributed by atoms with Crippen molar-refractivity contribution >= 4 is 19.7 Å². The third kappa shape index (κ3) is 6.80. The average Bonchev–Trinajstić information content (AvgIpc) is 2.24. The summed E-state index contributed by atoms with van der Waals surface area (Å²) in [6.07, 6.45) is 0. The van der Waals surface area contributed by atoms with Gasteiger partial charge in [-0.3, -0.25) is 0 Å². The highest BCUT2D eigenvalue weighted by Gasteiger charge is 2.25. The summed E-state index contributed by atoms with van der Waals surface area (Å²) in [7, 11) is 3.36. The van der Waals surface area contributed by atoms with Gasteiger partial charge < -0.3 is 9.47 Å². The lowest BCUT2D eigenvalue weighted by Gasteiger charge is -2.23. The van der Waals surface area contributed by atoms with E-state index in [-0.39, 0.29) is 12.4 Å². The van der Waals surface area contributed by atoms with Crippen molar-refractivity contribution in [2.24, 2.45) is 5.41 Å². The van der Waals surface area contributed by atoms with Crippen LogP contribution in [0.15, 0.2) is 24.3 Å². The molecule has 0 saturated heterocycles. The van der Waals surface area contributed by atoms with Crippen LogP contribution in [0.4, 0.5) is 0 Å². The maximum absolute atomic E-state index is 11.1. The van der Waals surface area contributed by atoms with E-state index < -0.39 is 14.5 Å². The lowest BCUT2D eigenvalue weighted by molar-refractivity contribution is 0.182. The molecular formula is C13H19ClO4S. The van der Waals surface area contributed by atoms with Gasteiger partial charge in [-0.05, 0) is 17.7 Å². The van der Waals surface area contributed by atoms with E-state index in [0.717, 1.165) is 5.56 Å². The van der Waals surface area contributed by atoms with Crippen LogP contribution in [0.3, 0.4) is 0 Å². The third-order valence-electron chi connectivity index (χ3n) is 2.40. The first-order chi connectivity index (χ1) is 8.72. The zero-order valence-electron chi connectivity index (χ0n) is 11.3. The SMILES string of the molecule is COCc1cccc(OCC(C)(C)CS(=O)(=O)Cl)c1. The molecule has 19 heavy (non-hydrogen) atoms. The first-order valence-electron chi connectivity index (χ1n) is 5.85. The highest BCUT2D eigenvalue weighted by Crippen LogP contribution is 2.23. The van der Waals surface area contributed by atoms with Crippen molar-refractivity contribution in [3.05, 3.63) is 29.8 Å². The number of ether oxygens (including phenoxy) is 2. The summed E-state index contributed by atoms with van der Waals surface area (Å²) in [5.41, 5.74) is 0.459. The summed E-state index contributed by atoms with van der Waals surface area (Å²) in [4.78, 5) is 0. The van der Waals surface area contributed by atoms with Gasteiger partial charge in [-0.15, -0.1) is 0 Å². The van der Waals surface area contributed by atoms with Crippen molar-refractivity contribution in [3.8, 4) is 5.75 Å². The Kier molecular flexibility index (Phi) is 5.64. The van der Waals surface area contributed by atoms with E-state index in [2.05, 4.69) is 0 Å². The van der Waals surface area contributed by atoms with Crippen LogP contribution in [0.25, 0.3) is 0 Å². The summed E-state index contributed by atoms with van der Waals surface area (Å²) in [6.45, 7) is 4.38. The number of methoxy groups -OCH3 is 1. The molecule has 1 aromatic rings. The Morgan fingerprint density at radius 1 is 1.32 bits per heavy atom. The van der Waals surface area contributed by atoms with E-state index in [1.165, 1.54) is 0 Å². The number of hydrogen-bond donors (Lipinski definition) is 0. The second kappa shape index (κ2) is 6.59. The molecular weight excluding hydrogens is 288 g/mol. The van der Waals surface area contributed by atoms with Gasteiger partial charge >= 0.3 is 0 Å². The minimum absolute atomic E-state index is 0.126. The quantitative estimate of drug-likeness (QED) is 0.727. The van der Waals surface area contributed by atoms with Gasteiger partial charge in [0.2, 0.25) is 9.05 Å². The molecule has 0 aliphatic carbocycles. The van der Waals surface area contributed by atoms with Crippen LogP contribution >= 0.6 is 10.7 Å². The standard InChI is InChI=1S/C13H19ClO4S/c1-13(2,10-19(14,15)16)9-18-12-6-4-5-11(7-12)8-17-3/h4-7H,8-10H2,1-3H3. The molecule has 1 aromatic carbocycles. The van der Waals surface area contributed by atoms with Crippen LogP contribution < -0.4 is 4.74 Å². The maximum Gasteiger partial charge on any atom is 0.233 e. The first-order valence-corrected chi connectivity index (χ1v) is 8.33. The third-order valence-corrected chi connectivity index (χ3v) is 3.86. The zero-order chi connectivity index (χ0) is 14.5. The van der Waals surface area contributed by atoms with E-state index >= 15 is 0 Å². The number of rotatable bonds is 7. The highest BCUT2D eigenvalue weighted by atomic mass is 35.7. The fourth-order valence-electron chi connectivity index (χ4n) is 1.68. The number of halogens is 1. The summed E-state index contributed by atoms with van der Waals surface area (Å²) in [6, 6.07) is 7.50. The van der Waals surface area contributed by atoms with Crippen molar-refractivity contribution in [1.29, 1.82) is 0 Å². The molecule has 0 aliphatic rings. The van der Waals surface area contributed by atoms with E-state index in [4.69, 9.17) is 20.2 Å². The van der Waals surface area contributed by atoms with Crippen molar-refractivity contribution < 1.29 is 17.9 Å². The minimum Gasteiger partial charge on any atom is -0.493 e. The summed E-state index contributed by atoms with van der Waals surface area (Å²) in [5.74, 6) is 0.564. The van der Waals surface area contributed by atoms with Gasteiger partial charge in [0.1, 0.15) is 5.75 Å². The number of benzene rings is 1. The van der Waals surface area contributed by atoms with Crippen LogP contribution in [-0.2, 0) is 20.4 Å². The van der Waals surface area contributed by atoms with Crippen molar-refractivity contribution in [2.75, 3.05) is 19.5 Å². The summed E-state index contributed by atoms with van der Waals surface area (Å²) < 4.78 is 32.8. The normalized spacial score (nSPS) is 12.4. The predicted molar refractivity (Wildman–Crippen MR) is 76.1 cm³/mol. The molecule has 108 valence electrons. The van der Waals surface area contributed by atoms with E-state index in [0.29, 0.717) is 12.4 Å².